The summed E-state index contributed by atoms with van der Waals surface area (Å²) in [6.07, 6.45) is 5.40. The number of carbonyl (C=O) groups is 1. The maximum atomic E-state index is 12.7. The molecule has 3 heteroatoms. The van der Waals surface area contributed by atoms with Crippen molar-refractivity contribution in [3.8, 4) is 0 Å². The van der Waals surface area contributed by atoms with Crippen molar-refractivity contribution in [2.45, 2.75) is 32.1 Å². The van der Waals surface area contributed by atoms with Gasteiger partial charge in [-0.1, -0.05) is 40.2 Å². The maximum absolute atomic E-state index is 12.7. The molecule has 2 atom stereocenters. The molecule has 0 radical (unpaired) electrons. The van der Waals surface area contributed by atoms with Crippen LogP contribution >= 0.6 is 15.9 Å². The fourth-order valence-corrected chi connectivity index (χ4v) is 4.24. The quantitative estimate of drug-likeness (QED) is 0.775. The first-order valence-electron chi connectivity index (χ1n) is 7.69. The second-order valence-electron chi connectivity index (χ2n) is 6.13. The molecule has 1 aliphatic carbocycles. The highest BCUT2D eigenvalue weighted by molar-refractivity contribution is 9.09. The van der Waals surface area contributed by atoms with Crippen LogP contribution in [0.25, 0.3) is 0 Å². The van der Waals surface area contributed by atoms with Crippen molar-refractivity contribution >= 4 is 21.8 Å². The lowest BCUT2D eigenvalue weighted by Crippen LogP contribution is -2.37. The molecule has 2 aliphatic rings. The maximum Gasteiger partial charge on any atom is 0.226 e. The van der Waals surface area contributed by atoms with Gasteiger partial charge in [-0.05, 0) is 49.1 Å². The number of aryl methyl sites for hydroxylation is 1. The van der Waals surface area contributed by atoms with Gasteiger partial charge in [0.1, 0.15) is 0 Å². The number of benzene rings is 1. The molecule has 3 rings (SSSR count). The van der Waals surface area contributed by atoms with Gasteiger partial charge in [-0.2, -0.15) is 0 Å². The van der Waals surface area contributed by atoms with Gasteiger partial charge in [-0.25, -0.2) is 0 Å². The third kappa shape index (κ3) is 2.93. The zero-order valence-electron chi connectivity index (χ0n) is 11.9. The monoisotopic (exact) mass is 335 g/mol. The lowest BCUT2D eigenvalue weighted by Gasteiger charge is -2.28. The summed E-state index contributed by atoms with van der Waals surface area (Å²) in [7, 11) is 0. The van der Waals surface area contributed by atoms with Crippen LogP contribution in [0.4, 0.5) is 0 Å². The molecule has 0 aromatic heterocycles. The van der Waals surface area contributed by atoms with E-state index >= 15 is 0 Å². The number of carbonyl (C=O) groups excluding carboxylic acids is 1. The number of nitrogens with zero attached hydrogens (tertiary/aromatic N) is 1. The van der Waals surface area contributed by atoms with E-state index in [2.05, 4.69) is 45.1 Å². The Morgan fingerprint density at radius 2 is 2.05 bits per heavy atom. The minimum atomic E-state index is 0.215. The van der Waals surface area contributed by atoms with Gasteiger partial charge in [0.25, 0.3) is 0 Å². The number of hydrogen-bond acceptors (Lipinski definition) is 1. The summed E-state index contributed by atoms with van der Waals surface area (Å²) >= 11 is 3.51. The minimum absolute atomic E-state index is 0.215. The molecule has 0 N–H and O–H groups in total. The first kappa shape index (κ1) is 14.1. The molecule has 2 unspecified atom stereocenters. The summed E-state index contributed by atoms with van der Waals surface area (Å²) in [6, 6.07) is 8.59. The highest BCUT2D eigenvalue weighted by atomic mass is 79.9. The predicted octanol–water partition coefficient (Wildman–Crippen LogP) is 3.43. The van der Waals surface area contributed by atoms with Crippen LogP contribution in [0.1, 0.15) is 30.4 Å². The van der Waals surface area contributed by atoms with Gasteiger partial charge in [-0.15, -0.1) is 0 Å². The summed E-state index contributed by atoms with van der Waals surface area (Å²) in [5, 5.41) is 1.05. The second-order valence-corrected chi connectivity index (χ2v) is 6.92. The van der Waals surface area contributed by atoms with E-state index in [0.717, 1.165) is 37.7 Å². The molecular weight excluding hydrogens is 314 g/mol. The SMILES string of the molecule is O=C(C1CCc2ccccc2C1)N1CCC(CCBr)C1. The molecular formula is C17H22BrNO. The Bertz CT molecular complexity index is 488. The topological polar surface area (TPSA) is 20.3 Å². The zero-order chi connectivity index (χ0) is 13.9. The minimum Gasteiger partial charge on any atom is -0.342 e. The summed E-state index contributed by atoms with van der Waals surface area (Å²) in [4.78, 5) is 14.8. The number of halogens is 1. The Morgan fingerprint density at radius 1 is 1.25 bits per heavy atom. The third-order valence-corrected chi connectivity index (χ3v) is 5.27. The molecule has 1 amide bonds. The van der Waals surface area contributed by atoms with Crippen LogP contribution in [0.15, 0.2) is 24.3 Å². The molecule has 0 bridgehead atoms. The number of likely N-dealkylation sites (tertiary alicyclic amines) is 1. The molecule has 1 saturated heterocycles. The van der Waals surface area contributed by atoms with E-state index < -0.39 is 0 Å². The molecule has 1 fully saturated rings. The largest absolute Gasteiger partial charge is 0.342 e. The predicted molar refractivity (Wildman–Crippen MR) is 85.1 cm³/mol. The molecule has 1 aromatic carbocycles. The van der Waals surface area contributed by atoms with Crippen molar-refractivity contribution in [3.63, 3.8) is 0 Å². The van der Waals surface area contributed by atoms with Crippen molar-refractivity contribution in [1.82, 2.24) is 4.90 Å². The molecule has 108 valence electrons. The van der Waals surface area contributed by atoms with Crippen molar-refractivity contribution in [1.29, 1.82) is 0 Å². The molecule has 1 heterocycles. The van der Waals surface area contributed by atoms with E-state index in [1.54, 1.807) is 0 Å². The summed E-state index contributed by atoms with van der Waals surface area (Å²) in [6.45, 7) is 1.94. The average molecular weight is 336 g/mol. The number of alkyl halides is 1. The normalized spacial score (nSPS) is 25.6. The highest BCUT2D eigenvalue weighted by Crippen LogP contribution is 2.29. The summed E-state index contributed by atoms with van der Waals surface area (Å²) < 4.78 is 0. The summed E-state index contributed by atoms with van der Waals surface area (Å²) in [5.41, 5.74) is 2.82. The highest BCUT2D eigenvalue weighted by Gasteiger charge is 2.32. The van der Waals surface area contributed by atoms with Gasteiger partial charge in [0.2, 0.25) is 5.91 Å². The van der Waals surface area contributed by atoms with Gasteiger partial charge >= 0.3 is 0 Å². The fourth-order valence-electron chi connectivity index (χ4n) is 3.59. The van der Waals surface area contributed by atoms with E-state index in [1.807, 2.05) is 0 Å². The number of hydrogen-bond donors (Lipinski definition) is 0. The van der Waals surface area contributed by atoms with E-state index in [9.17, 15) is 4.79 Å². The fraction of sp³-hybridized carbons (Fsp3) is 0.588. The molecule has 0 spiro atoms. The lowest BCUT2D eigenvalue weighted by molar-refractivity contribution is -0.134. The van der Waals surface area contributed by atoms with Crippen LogP contribution in [-0.4, -0.2) is 29.2 Å². The Hall–Kier alpha value is -0.830. The van der Waals surface area contributed by atoms with E-state index in [1.165, 1.54) is 24.0 Å². The smallest absolute Gasteiger partial charge is 0.226 e. The first-order chi connectivity index (χ1) is 9.78. The van der Waals surface area contributed by atoms with Crippen molar-refractivity contribution in [3.05, 3.63) is 35.4 Å². The van der Waals surface area contributed by atoms with Crippen LogP contribution < -0.4 is 0 Å². The van der Waals surface area contributed by atoms with E-state index in [0.29, 0.717) is 11.8 Å². The van der Waals surface area contributed by atoms with Gasteiger partial charge in [0, 0.05) is 24.3 Å². The van der Waals surface area contributed by atoms with Gasteiger partial charge in [0.05, 0.1) is 0 Å². The Labute approximate surface area is 129 Å². The van der Waals surface area contributed by atoms with Crippen LogP contribution in [0.3, 0.4) is 0 Å². The average Bonchev–Trinajstić information content (AvgIpc) is 2.95. The number of rotatable bonds is 3. The number of fused-ring (bicyclic) bond motifs is 1. The molecule has 0 saturated carbocycles. The number of amides is 1. The van der Waals surface area contributed by atoms with Gasteiger partial charge < -0.3 is 4.90 Å². The Balaban J connectivity index is 1.62. The first-order valence-corrected chi connectivity index (χ1v) is 8.81. The standard InChI is InChI=1S/C17H22BrNO/c18-9-7-13-8-10-19(12-13)17(20)16-6-5-14-3-1-2-4-15(14)11-16/h1-4,13,16H,5-12H2. The van der Waals surface area contributed by atoms with Crippen molar-refractivity contribution in [2.75, 3.05) is 18.4 Å². The third-order valence-electron chi connectivity index (χ3n) is 4.81. The van der Waals surface area contributed by atoms with Crippen LogP contribution in [0.5, 0.6) is 0 Å². The van der Waals surface area contributed by atoms with Crippen LogP contribution in [0, 0.1) is 11.8 Å². The molecule has 1 aliphatic heterocycles. The van der Waals surface area contributed by atoms with Crippen molar-refractivity contribution < 1.29 is 4.79 Å². The van der Waals surface area contributed by atoms with E-state index in [4.69, 9.17) is 0 Å². The lowest BCUT2D eigenvalue weighted by atomic mass is 9.83. The van der Waals surface area contributed by atoms with Gasteiger partial charge in [0.15, 0.2) is 0 Å². The second kappa shape index (κ2) is 6.30. The van der Waals surface area contributed by atoms with E-state index in [-0.39, 0.29) is 5.92 Å². The Kier molecular flexibility index (Phi) is 4.45. The van der Waals surface area contributed by atoms with Crippen molar-refractivity contribution in [2.24, 2.45) is 11.8 Å². The molecule has 20 heavy (non-hydrogen) atoms. The zero-order valence-corrected chi connectivity index (χ0v) is 13.4. The summed E-state index contributed by atoms with van der Waals surface area (Å²) in [5.74, 6) is 1.32. The van der Waals surface area contributed by atoms with Gasteiger partial charge in [-0.3, -0.25) is 4.79 Å². The molecule has 2 nitrogen and oxygen atoms in total. The van der Waals surface area contributed by atoms with Crippen LogP contribution in [-0.2, 0) is 17.6 Å². The van der Waals surface area contributed by atoms with Crippen LogP contribution in [0.2, 0.25) is 0 Å². The Morgan fingerprint density at radius 3 is 2.85 bits per heavy atom. The molecule has 1 aromatic rings.